The molecule has 6 heteroatoms. The predicted octanol–water partition coefficient (Wildman–Crippen LogP) is 4.26. The quantitative estimate of drug-likeness (QED) is 0.537. The van der Waals surface area contributed by atoms with Crippen LogP contribution in [0.2, 0.25) is 0 Å². The Kier molecular flexibility index (Phi) is 4.25. The fourth-order valence-corrected chi connectivity index (χ4v) is 3.92. The summed E-state index contributed by atoms with van der Waals surface area (Å²) >= 11 is 6.27. The molecule has 0 unspecified atom stereocenters. The summed E-state index contributed by atoms with van der Waals surface area (Å²) in [5.74, 6) is -0.188. The van der Waals surface area contributed by atoms with E-state index in [1.165, 1.54) is 11.8 Å². The second kappa shape index (κ2) is 6.71. The van der Waals surface area contributed by atoms with Gasteiger partial charge in [0.05, 0.1) is 16.0 Å². The molecule has 0 saturated carbocycles. The molecule has 3 aromatic rings. The summed E-state index contributed by atoms with van der Waals surface area (Å²) in [6.07, 6.45) is 3.40. The fourth-order valence-electron chi connectivity index (χ4n) is 2.87. The molecule has 1 aliphatic heterocycles. The van der Waals surface area contributed by atoms with E-state index >= 15 is 0 Å². The van der Waals surface area contributed by atoms with Crippen LogP contribution >= 0.6 is 24.0 Å². The number of hydrogen-bond donors (Lipinski definition) is 1. The standard InChI is InChI=1S/C20H11N3OS2/c21-10-14-11-22-16-7-6-12(9-17-19(24)23-20(25)26-17)8-15(16)18(14)13-4-2-1-3-5-13/h1-9,11H,(H,23,24,25). The average Bonchev–Trinajstić information content (AvgIpc) is 2.98. The molecule has 0 atom stereocenters. The van der Waals surface area contributed by atoms with Crippen LogP contribution in [0, 0.1) is 11.3 Å². The molecular formula is C20H11N3OS2. The van der Waals surface area contributed by atoms with Crippen molar-refractivity contribution in [3.8, 4) is 17.2 Å². The number of nitrogens with zero attached hydrogens (tertiary/aromatic N) is 2. The summed E-state index contributed by atoms with van der Waals surface area (Å²) in [4.78, 5) is 16.8. The minimum Gasteiger partial charge on any atom is -0.307 e. The number of pyridine rings is 1. The van der Waals surface area contributed by atoms with Gasteiger partial charge in [0.1, 0.15) is 10.4 Å². The van der Waals surface area contributed by atoms with Crippen molar-refractivity contribution in [1.29, 1.82) is 5.26 Å². The van der Waals surface area contributed by atoms with Crippen LogP contribution in [-0.2, 0) is 4.79 Å². The number of thioether (sulfide) groups is 1. The molecule has 1 aliphatic rings. The Labute approximate surface area is 159 Å². The Bertz CT molecular complexity index is 1130. The number of aromatic nitrogens is 1. The first-order valence-electron chi connectivity index (χ1n) is 7.79. The lowest BCUT2D eigenvalue weighted by atomic mass is 9.96. The fraction of sp³-hybridized carbons (Fsp3) is 0. The van der Waals surface area contributed by atoms with Crippen LogP contribution in [0.4, 0.5) is 0 Å². The van der Waals surface area contributed by atoms with Gasteiger partial charge in [-0.3, -0.25) is 9.78 Å². The highest BCUT2D eigenvalue weighted by Gasteiger charge is 2.22. The zero-order valence-electron chi connectivity index (χ0n) is 13.4. The van der Waals surface area contributed by atoms with Gasteiger partial charge >= 0.3 is 0 Å². The summed E-state index contributed by atoms with van der Waals surface area (Å²) in [6.45, 7) is 0. The van der Waals surface area contributed by atoms with Gasteiger partial charge in [-0.25, -0.2) is 0 Å². The minimum absolute atomic E-state index is 0.188. The first-order valence-corrected chi connectivity index (χ1v) is 9.01. The van der Waals surface area contributed by atoms with Gasteiger partial charge in [-0.15, -0.1) is 0 Å². The monoisotopic (exact) mass is 373 g/mol. The maximum atomic E-state index is 11.9. The van der Waals surface area contributed by atoms with Gasteiger partial charge in [-0.1, -0.05) is 60.4 Å². The van der Waals surface area contributed by atoms with E-state index in [9.17, 15) is 10.1 Å². The molecule has 26 heavy (non-hydrogen) atoms. The third-order valence-electron chi connectivity index (χ3n) is 4.01. The lowest BCUT2D eigenvalue weighted by Crippen LogP contribution is -2.17. The molecule has 1 saturated heterocycles. The van der Waals surface area contributed by atoms with Gasteiger partial charge in [-0.05, 0) is 29.3 Å². The van der Waals surface area contributed by atoms with Crippen molar-refractivity contribution in [1.82, 2.24) is 10.3 Å². The van der Waals surface area contributed by atoms with E-state index in [-0.39, 0.29) is 5.91 Å². The Morgan fingerprint density at radius 2 is 2.00 bits per heavy atom. The van der Waals surface area contributed by atoms with E-state index in [2.05, 4.69) is 16.4 Å². The SMILES string of the molecule is N#Cc1cnc2ccc(C=C3SC(=S)NC3=O)cc2c1-c1ccccc1. The maximum Gasteiger partial charge on any atom is 0.263 e. The summed E-state index contributed by atoms with van der Waals surface area (Å²) < 4.78 is 0.459. The first-order chi connectivity index (χ1) is 12.7. The van der Waals surface area contributed by atoms with Crippen molar-refractivity contribution in [3.63, 3.8) is 0 Å². The Morgan fingerprint density at radius 1 is 1.19 bits per heavy atom. The largest absolute Gasteiger partial charge is 0.307 e. The van der Waals surface area contributed by atoms with E-state index in [4.69, 9.17) is 12.2 Å². The number of amides is 1. The van der Waals surface area contributed by atoms with Crippen LogP contribution in [0.15, 0.2) is 59.6 Å². The zero-order chi connectivity index (χ0) is 18.1. The number of rotatable bonds is 2. The lowest BCUT2D eigenvalue weighted by molar-refractivity contribution is -0.115. The summed E-state index contributed by atoms with van der Waals surface area (Å²) in [7, 11) is 0. The summed E-state index contributed by atoms with van der Waals surface area (Å²) in [5.41, 5.74) is 3.97. The molecule has 124 valence electrons. The number of hydrogen-bond acceptors (Lipinski definition) is 5. The van der Waals surface area contributed by atoms with Crippen molar-refractivity contribution < 1.29 is 4.79 Å². The van der Waals surface area contributed by atoms with Crippen LogP contribution in [-0.4, -0.2) is 15.2 Å². The van der Waals surface area contributed by atoms with Gasteiger partial charge in [-0.2, -0.15) is 5.26 Å². The second-order valence-corrected chi connectivity index (χ2v) is 7.37. The molecule has 0 radical (unpaired) electrons. The maximum absolute atomic E-state index is 11.9. The first kappa shape index (κ1) is 16.5. The van der Waals surface area contributed by atoms with Gasteiger partial charge in [0, 0.05) is 17.1 Å². The van der Waals surface area contributed by atoms with E-state index in [1.807, 2.05) is 48.5 Å². The van der Waals surface area contributed by atoms with Crippen molar-refractivity contribution in [2.75, 3.05) is 0 Å². The number of nitriles is 1. The van der Waals surface area contributed by atoms with Gasteiger partial charge in [0.15, 0.2) is 0 Å². The predicted molar refractivity (Wildman–Crippen MR) is 108 cm³/mol. The van der Waals surface area contributed by atoms with Crippen molar-refractivity contribution >= 4 is 51.2 Å². The van der Waals surface area contributed by atoms with Gasteiger partial charge in [0.2, 0.25) is 0 Å². The molecule has 1 fully saturated rings. The van der Waals surface area contributed by atoms with E-state index in [0.29, 0.717) is 14.8 Å². The molecule has 0 bridgehead atoms. The normalized spacial score (nSPS) is 15.3. The minimum atomic E-state index is -0.188. The van der Waals surface area contributed by atoms with Crippen molar-refractivity contribution in [2.24, 2.45) is 0 Å². The molecule has 2 aromatic carbocycles. The smallest absolute Gasteiger partial charge is 0.263 e. The number of fused-ring (bicyclic) bond motifs is 1. The van der Waals surface area contributed by atoms with Crippen LogP contribution < -0.4 is 5.32 Å². The average molecular weight is 373 g/mol. The zero-order valence-corrected chi connectivity index (χ0v) is 15.0. The van der Waals surface area contributed by atoms with E-state index < -0.39 is 0 Å². The molecule has 1 aromatic heterocycles. The molecular weight excluding hydrogens is 362 g/mol. The topological polar surface area (TPSA) is 65.8 Å². The number of nitrogens with one attached hydrogen (secondary N) is 1. The van der Waals surface area contributed by atoms with Crippen LogP contribution in [0.25, 0.3) is 28.1 Å². The molecule has 2 heterocycles. The van der Waals surface area contributed by atoms with E-state index in [0.717, 1.165) is 27.6 Å². The summed E-state index contributed by atoms with van der Waals surface area (Å²) in [5, 5.41) is 13.0. The van der Waals surface area contributed by atoms with Crippen molar-refractivity contribution in [2.45, 2.75) is 0 Å². The molecule has 4 rings (SSSR count). The number of benzene rings is 2. The van der Waals surface area contributed by atoms with Gasteiger partial charge < -0.3 is 5.32 Å². The van der Waals surface area contributed by atoms with E-state index in [1.54, 1.807) is 12.3 Å². The van der Waals surface area contributed by atoms with Crippen LogP contribution in [0.3, 0.4) is 0 Å². The Balaban J connectivity index is 1.93. The Hall–Kier alpha value is -3.01. The van der Waals surface area contributed by atoms with Gasteiger partial charge in [0.25, 0.3) is 5.91 Å². The van der Waals surface area contributed by atoms with Crippen molar-refractivity contribution in [3.05, 3.63) is 70.8 Å². The lowest BCUT2D eigenvalue weighted by Gasteiger charge is -2.09. The third kappa shape index (κ3) is 2.99. The summed E-state index contributed by atoms with van der Waals surface area (Å²) in [6, 6.07) is 17.7. The second-order valence-electron chi connectivity index (χ2n) is 5.65. The third-order valence-corrected chi connectivity index (χ3v) is 5.18. The molecule has 1 N–H and O–H groups in total. The molecule has 0 aliphatic carbocycles. The number of carbonyl (C=O) groups excluding carboxylic acids is 1. The highest BCUT2D eigenvalue weighted by atomic mass is 32.2. The van der Waals surface area contributed by atoms with Crippen LogP contribution in [0.5, 0.6) is 0 Å². The molecule has 0 spiro atoms. The number of thiocarbonyl (C=S) groups is 1. The molecule has 4 nitrogen and oxygen atoms in total. The highest BCUT2D eigenvalue weighted by molar-refractivity contribution is 8.26. The van der Waals surface area contributed by atoms with Crippen LogP contribution in [0.1, 0.15) is 11.1 Å². The highest BCUT2D eigenvalue weighted by Crippen LogP contribution is 2.33. The number of carbonyl (C=O) groups is 1. The molecule has 1 amide bonds. The Morgan fingerprint density at radius 3 is 2.69 bits per heavy atom.